The summed E-state index contributed by atoms with van der Waals surface area (Å²) in [5.41, 5.74) is 7.64. The topological polar surface area (TPSA) is 30.9 Å². The average molecular weight is 270 g/mol. The number of fused-ring (bicyclic) bond motifs is 1. The van der Waals surface area contributed by atoms with E-state index in [2.05, 4.69) is 0 Å². The Labute approximate surface area is 110 Å². The summed E-state index contributed by atoms with van der Waals surface area (Å²) >= 11 is 0. The third-order valence-corrected chi connectivity index (χ3v) is 3.13. The van der Waals surface area contributed by atoms with Crippen molar-refractivity contribution in [1.82, 2.24) is 4.57 Å². The van der Waals surface area contributed by atoms with Crippen LogP contribution in [-0.2, 0) is 13.0 Å². The summed E-state index contributed by atoms with van der Waals surface area (Å²) in [7, 11) is 0. The molecule has 0 spiro atoms. The minimum absolute atomic E-state index is 0.109. The van der Waals surface area contributed by atoms with Gasteiger partial charge in [-0.3, -0.25) is 0 Å². The van der Waals surface area contributed by atoms with E-state index in [4.69, 9.17) is 5.73 Å². The first-order chi connectivity index (χ1) is 8.99. The van der Waals surface area contributed by atoms with Gasteiger partial charge in [-0.25, -0.2) is 0 Å². The number of hydrogen-bond acceptors (Lipinski definition) is 1. The molecule has 2 aromatic rings. The van der Waals surface area contributed by atoms with Gasteiger partial charge in [0.2, 0.25) is 0 Å². The third kappa shape index (κ3) is 3.73. The van der Waals surface area contributed by atoms with Crippen LogP contribution in [0, 0.1) is 0 Å². The van der Waals surface area contributed by atoms with Crippen LogP contribution in [0.4, 0.5) is 13.2 Å². The van der Waals surface area contributed by atoms with Crippen molar-refractivity contribution in [3.8, 4) is 0 Å². The number of nitrogens with two attached hydrogens (primary N) is 1. The highest BCUT2D eigenvalue weighted by molar-refractivity contribution is 5.80. The molecular weight excluding hydrogens is 253 g/mol. The third-order valence-electron chi connectivity index (χ3n) is 3.13. The lowest BCUT2D eigenvalue weighted by Crippen LogP contribution is -2.08. The van der Waals surface area contributed by atoms with Crippen LogP contribution in [0.1, 0.15) is 18.4 Å². The predicted octanol–water partition coefficient (Wildman–Crippen LogP) is 3.49. The van der Waals surface area contributed by atoms with Crippen LogP contribution in [0.25, 0.3) is 10.9 Å². The fourth-order valence-electron chi connectivity index (χ4n) is 2.22. The fourth-order valence-corrected chi connectivity index (χ4v) is 2.22. The van der Waals surface area contributed by atoms with Crippen LogP contribution in [-0.4, -0.2) is 17.3 Å². The molecule has 2 nitrogen and oxygen atoms in total. The SMILES string of the molecule is NCCc1ccc2c(ccn2CCCC(F)(F)F)c1. The van der Waals surface area contributed by atoms with Crippen molar-refractivity contribution in [2.45, 2.75) is 32.0 Å². The molecule has 0 aliphatic rings. The number of hydrogen-bond donors (Lipinski definition) is 1. The zero-order valence-corrected chi connectivity index (χ0v) is 10.6. The first kappa shape index (κ1) is 13.9. The maximum atomic E-state index is 12.1. The average Bonchev–Trinajstić information content (AvgIpc) is 2.71. The van der Waals surface area contributed by atoms with Gasteiger partial charge in [0, 0.05) is 24.7 Å². The van der Waals surface area contributed by atoms with E-state index in [1.807, 2.05) is 35.0 Å². The van der Waals surface area contributed by atoms with Crippen molar-refractivity contribution < 1.29 is 13.2 Å². The standard InChI is InChI=1S/C14H17F3N2/c15-14(16,17)6-1-8-19-9-5-12-10-11(4-7-18)2-3-13(12)19/h2-3,5,9-10H,1,4,6-8,18H2. The minimum Gasteiger partial charge on any atom is -0.347 e. The fraction of sp³-hybridized carbons (Fsp3) is 0.429. The first-order valence-electron chi connectivity index (χ1n) is 6.34. The van der Waals surface area contributed by atoms with Gasteiger partial charge in [0.25, 0.3) is 0 Å². The molecule has 0 aliphatic heterocycles. The van der Waals surface area contributed by atoms with Gasteiger partial charge < -0.3 is 10.3 Å². The monoisotopic (exact) mass is 270 g/mol. The molecule has 0 radical (unpaired) electrons. The Kier molecular flexibility index (Phi) is 4.14. The first-order valence-corrected chi connectivity index (χ1v) is 6.34. The van der Waals surface area contributed by atoms with E-state index < -0.39 is 12.6 Å². The Hall–Kier alpha value is -1.49. The normalized spacial score (nSPS) is 12.2. The Morgan fingerprint density at radius 3 is 2.63 bits per heavy atom. The summed E-state index contributed by atoms with van der Waals surface area (Å²) in [6.45, 7) is 0.983. The Morgan fingerprint density at radius 2 is 1.95 bits per heavy atom. The number of benzene rings is 1. The van der Waals surface area contributed by atoms with Gasteiger partial charge in [-0.15, -0.1) is 0 Å². The lowest BCUT2D eigenvalue weighted by atomic mass is 10.1. The van der Waals surface area contributed by atoms with Gasteiger partial charge in [0.1, 0.15) is 0 Å². The number of aromatic nitrogens is 1. The maximum Gasteiger partial charge on any atom is 0.389 e. The van der Waals surface area contributed by atoms with Gasteiger partial charge in [-0.05, 0) is 48.5 Å². The lowest BCUT2D eigenvalue weighted by molar-refractivity contribution is -0.135. The van der Waals surface area contributed by atoms with E-state index in [1.165, 1.54) is 0 Å². The zero-order valence-electron chi connectivity index (χ0n) is 10.6. The predicted molar refractivity (Wildman–Crippen MR) is 70.0 cm³/mol. The van der Waals surface area contributed by atoms with E-state index in [-0.39, 0.29) is 6.42 Å². The molecule has 5 heteroatoms. The summed E-state index contributed by atoms with van der Waals surface area (Å²) < 4.78 is 38.2. The van der Waals surface area contributed by atoms with Crippen LogP contribution in [0.2, 0.25) is 0 Å². The summed E-state index contributed by atoms with van der Waals surface area (Å²) in [5.74, 6) is 0. The molecule has 0 atom stereocenters. The van der Waals surface area contributed by atoms with Crippen LogP contribution in [0.5, 0.6) is 0 Å². The molecule has 1 aromatic carbocycles. The molecule has 0 fully saturated rings. The van der Waals surface area contributed by atoms with Crippen molar-refractivity contribution in [1.29, 1.82) is 0 Å². The molecule has 104 valence electrons. The van der Waals surface area contributed by atoms with Crippen LogP contribution in [0.3, 0.4) is 0 Å². The molecule has 19 heavy (non-hydrogen) atoms. The Morgan fingerprint density at radius 1 is 1.16 bits per heavy atom. The smallest absolute Gasteiger partial charge is 0.347 e. The second-order valence-electron chi connectivity index (χ2n) is 4.66. The number of alkyl halides is 3. The van der Waals surface area contributed by atoms with Gasteiger partial charge in [-0.1, -0.05) is 6.07 Å². The molecule has 1 aromatic heterocycles. The van der Waals surface area contributed by atoms with E-state index in [0.29, 0.717) is 13.1 Å². The summed E-state index contributed by atoms with van der Waals surface area (Å²) in [6, 6.07) is 7.91. The highest BCUT2D eigenvalue weighted by atomic mass is 19.4. The van der Waals surface area contributed by atoms with E-state index >= 15 is 0 Å². The summed E-state index contributed by atoms with van der Waals surface area (Å²) in [5, 5.41) is 1.05. The molecule has 0 aliphatic carbocycles. The van der Waals surface area contributed by atoms with E-state index in [9.17, 15) is 13.2 Å². The zero-order chi connectivity index (χ0) is 13.9. The second kappa shape index (κ2) is 5.65. The maximum absolute atomic E-state index is 12.1. The van der Waals surface area contributed by atoms with Gasteiger partial charge in [0.05, 0.1) is 0 Å². The Bertz CT molecular complexity index is 543. The van der Waals surface area contributed by atoms with Crippen molar-refractivity contribution in [3.05, 3.63) is 36.0 Å². The molecule has 0 saturated carbocycles. The van der Waals surface area contributed by atoms with Crippen molar-refractivity contribution in [2.24, 2.45) is 5.73 Å². The largest absolute Gasteiger partial charge is 0.389 e. The summed E-state index contributed by atoms with van der Waals surface area (Å²) in [4.78, 5) is 0. The highest BCUT2D eigenvalue weighted by Crippen LogP contribution is 2.23. The number of rotatable bonds is 5. The van der Waals surface area contributed by atoms with Crippen molar-refractivity contribution in [2.75, 3.05) is 6.54 Å². The van der Waals surface area contributed by atoms with E-state index in [0.717, 1.165) is 22.9 Å². The second-order valence-corrected chi connectivity index (χ2v) is 4.66. The Balaban J connectivity index is 2.08. The van der Waals surface area contributed by atoms with Gasteiger partial charge in [-0.2, -0.15) is 13.2 Å². The van der Waals surface area contributed by atoms with Crippen LogP contribution in [0.15, 0.2) is 30.5 Å². The van der Waals surface area contributed by atoms with E-state index in [1.54, 1.807) is 0 Å². The van der Waals surface area contributed by atoms with Crippen LogP contribution >= 0.6 is 0 Å². The van der Waals surface area contributed by atoms with Crippen molar-refractivity contribution in [3.63, 3.8) is 0 Å². The van der Waals surface area contributed by atoms with Crippen molar-refractivity contribution >= 4 is 10.9 Å². The number of nitrogens with zero attached hydrogens (tertiary/aromatic N) is 1. The number of halogens is 3. The van der Waals surface area contributed by atoms with Gasteiger partial charge in [0.15, 0.2) is 0 Å². The quantitative estimate of drug-likeness (QED) is 0.886. The molecule has 2 N–H and O–H groups in total. The molecule has 2 rings (SSSR count). The molecule has 0 bridgehead atoms. The molecule has 0 saturated heterocycles. The molecule has 0 amide bonds. The molecule has 1 heterocycles. The highest BCUT2D eigenvalue weighted by Gasteiger charge is 2.26. The minimum atomic E-state index is -4.07. The lowest BCUT2D eigenvalue weighted by Gasteiger charge is -2.08. The molecular formula is C14H17F3N2. The number of aryl methyl sites for hydroxylation is 1. The van der Waals surface area contributed by atoms with Gasteiger partial charge >= 0.3 is 6.18 Å². The molecule has 0 unspecified atom stereocenters. The summed E-state index contributed by atoms with van der Waals surface area (Å²) in [6.07, 6.45) is -2.05. The van der Waals surface area contributed by atoms with Crippen LogP contribution < -0.4 is 5.73 Å².